The number of anilines is 1. The molecule has 0 radical (unpaired) electrons. The number of likely N-dealkylation sites (tertiary alicyclic amines) is 1. The first-order valence-electron chi connectivity index (χ1n) is 10.1. The van der Waals surface area contributed by atoms with Crippen molar-refractivity contribution in [3.05, 3.63) is 64.1 Å². The van der Waals surface area contributed by atoms with Gasteiger partial charge in [0.2, 0.25) is 11.8 Å². The van der Waals surface area contributed by atoms with Crippen molar-refractivity contribution in [1.29, 1.82) is 0 Å². The minimum atomic E-state index is -0.990. The molecule has 8 heteroatoms. The summed E-state index contributed by atoms with van der Waals surface area (Å²) in [4.78, 5) is 41.0. The Morgan fingerprint density at radius 1 is 1.00 bits per heavy atom. The molecule has 2 saturated heterocycles. The van der Waals surface area contributed by atoms with Gasteiger partial charge in [0, 0.05) is 31.7 Å². The van der Waals surface area contributed by atoms with Crippen molar-refractivity contribution in [2.75, 3.05) is 24.5 Å². The number of carboxylic acids is 1. The van der Waals surface area contributed by atoms with Gasteiger partial charge in [-0.15, -0.1) is 0 Å². The van der Waals surface area contributed by atoms with E-state index >= 15 is 0 Å². The summed E-state index contributed by atoms with van der Waals surface area (Å²) in [7, 11) is 0. The molecule has 1 unspecified atom stereocenters. The fraction of sp³-hybridized carbons (Fsp3) is 0.348. The van der Waals surface area contributed by atoms with E-state index in [0.29, 0.717) is 41.7 Å². The topological polar surface area (TPSA) is 77.9 Å². The monoisotopic (exact) mass is 460 g/mol. The van der Waals surface area contributed by atoms with Gasteiger partial charge in [0.05, 0.1) is 21.4 Å². The molecule has 2 fully saturated rings. The molecule has 2 heterocycles. The number of hydrogen-bond acceptors (Lipinski definition) is 3. The maximum Gasteiger partial charge on any atom is 0.314 e. The molecule has 0 aromatic heterocycles. The van der Waals surface area contributed by atoms with Gasteiger partial charge in [-0.3, -0.25) is 14.4 Å². The average molecular weight is 461 g/mol. The summed E-state index contributed by atoms with van der Waals surface area (Å²) in [6.07, 6.45) is 0.808. The Labute approximate surface area is 190 Å². The van der Waals surface area contributed by atoms with Crippen LogP contribution < -0.4 is 4.90 Å². The molecule has 0 saturated carbocycles. The van der Waals surface area contributed by atoms with E-state index in [-0.39, 0.29) is 24.8 Å². The summed E-state index contributed by atoms with van der Waals surface area (Å²) in [6, 6.07) is 14.1. The van der Waals surface area contributed by atoms with Crippen molar-refractivity contribution in [3.8, 4) is 0 Å². The second kappa shape index (κ2) is 8.52. The minimum Gasteiger partial charge on any atom is -0.481 e. The minimum absolute atomic E-state index is 0.108. The molecule has 31 heavy (non-hydrogen) atoms. The lowest BCUT2D eigenvalue weighted by Crippen LogP contribution is -2.50. The van der Waals surface area contributed by atoms with E-state index in [9.17, 15) is 19.5 Å². The molecule has 0 bridgehead atoms. The number of carbonyl (C=O) groups excluding carboxylic acids is 2. The highest BCUT2D eigenvalue weighted by Crippen LogP contribution is 2.37. The fourth-order valence-corrected chi connectivity index (χ4v) is 4.82. The molecule has 1 N–H and O–H groups in total. The van der Waals surface area contributed by atoms with Gasteiger partial charge in [-0.1, -0.05) is 53.5 Å². The van der Waals surface area contributed by atoms with Gasteiger partial charge >= 0.3 is 5.97 Å². The Morgan fingerprint density at radius 2 is 1.68 bits per heavy atom. The first kappa shape index (κ1) is 21.7. The molecular formula is C23H22Cl2N2O4. The maximum atomic E-state index is 13.1. The summed E-state index contributed by atoms with van der Waals surface area (Å²) < 4.78 is 0. The van der Waals surface area contributed by atoms with Crippen LogP contribution in [0.1, 0.15) is 24.8 Å². The predicted molar refractivity (Wildman–Crippen MR) is 118 cm³/mol. The Balaban J connectivity index is 1.45. The standard InChI is InChI=1S/C23H22Cl2N2O4/c24-18-7-6-17(13-19(18)25)27-14-15(12-20(27)28)21(29)26-10-8-23(9-11-26,22(30)31)16-4-2-1-3-5-16/h1-7,13,15H,8-12,14H2,(H,30,31). The van der Waals surface area contributed by atoms with Crippen LogP contribution in [-0.4, -0.2) is 47.4 Å². The zero-order valence-corrected chi connectivity index (χ0v) is 18.3. The van der Waals surface area contributed by atoms with Gasteiger partial charge in [-0.25, -0.2) is 0 Å². The molecule has 2 aliphatic rings. The number of carboxylic acid groups (broad SMARTS) is 1. The van der Waals surface area contributed by atoms with Gasteiger partial charge in [0.1, 0.15) is 0 Å². The van der Waals surface area contributed by atoms with Crippen molar-refractivity contribution in [1.82, 2.24) is 4.90 Å². The van der Waals surface area contributed by atoms with Crippen molar-refractivity contribution < 1.29 is 19.5 Å². The van der Waals surface area contributed by atoms with Gasteiger partial charge in [-0.05, 0) is 36.6 Å². The number of aliphatic carboxylic acids is 1. The number of benzene rings is 2. The van der Waals surface area contributed by atoms with E-state index in [1.807, 2.05) is 30.3 Å². The smallest absolute Gasteiger partial charge is 0.314 e. The van der Waals surface area contributed by atoms with Gasteiger partial charge in [0.25, 0.3) is 0 Å². The molecule has 0 aliphatic carbocycles. The third-order valence-corrected chi connectivity index (χ3v) is 7.09. The fourth-order valence-electron chi connectivity index (χ4n) is 4.53. The van der Waals surface area contributed by atoms with E-state index in [1.165, 1.54) is 0 Å². The lowest BCUT2D eigenvalue weighted by atomic mass is 9.72. The first-order chi connectivity index (χ1) is 14.8. The summed E-state index contributed by atoms with van der Waals surface area (Å²) in [5.41, 5.74) is 0.383. The SMILES string of the molecule is O=C(C1CC(=O)N(c2ccc(Cl)c(Cl)c2)C1)N1CCC(C(=O)O)(c2ccccc2)CC1. The van der Waals surface area contributed by atoms with Crippen LogP contribution in [0.3, 0.4) is 0 Å². The number of rotatable bonds is 4. The Kier molecular flexibility index (Phi) is 5.95. The van der Waals surface area contributed by atoms with Crippen LogP contribution in [0.15, 0.2) is 48.5 Å². The molecule has 0 spiro atoms. The number of piperidine rings is 1. The molecule has 2 aromatic rings. The predicted octanol–water partition coefficient (Wildman–Crippen LogP) is 3.99. The maximum absolute atomic E-state index is 13.1. The second-order valence-corrected chi connectivity index (χ2v) is 8.90. The number of amides is 2. The Morgan fingerprint density at radius 3 is 2.29 bits per heavy atom. The lowest BCUT2D eigenvalue weighted by Gasteiger charge is -2.40. The van der Waals surface area contributed by atoms with E-state index < -0.39 is 17.3 Å². The summed E-state index contributed by atoms with van der Waals surface area (Å²) in [5.74, 6) is -1.58. The van der Waals surface area contributed by atoms with Crippen LogP contribution in [0.2, 0.25) is 10.0 Å². The van der Waals surface area contributed by atoms with Gasteiger partial charge < -0.3 is 14.9 Å². The second-order valence-electron chi connectivity index (χ2n) is 8.08. The number of halogens is 2. The highest BCUT2D eigenvalue weighted by molar-refractivity contribution is 6.42. The quantitative estimate of drug-likeness (QED) is 0.747. The molecular weight excluding hydrogens is 439 g/mol. The Bertz CT molecular complexity index is 1020. The van der Waals surface area contributed by atoms with E-state index in [1.54, 1.807) is 28.0 Å². The Hall–Kier alpha value is -2.57. The molecule has 162 valence electrons. The van der Waals surface area contributed by atoms with Crippen molar-refractivity contribution >= 4 is 46.7 Å². The highest BCUT2D eigenvalue weighted by Gasteiger charge is 2.45. The van der Waals surface area contributed by atoms with Crippen LogP contribution in [0, 0.1) is 5.92 Å². The van der Waals surface area contributed by atoms with Crippen molar-refractivity contribution in [2.45, 2.75) is 24.7 Å². The average Bonchev–Trinajstić information content (AvgIpc) is 3.17. The van der Waals surface area contributed by atoms with Crippen molar-refractivity contribution in [2.24, 2.45) is 5.92 Å². The molecule has 6 nitrogen and oxygen atoms in total. The van der Waals surface area contributed by atoms with Crippen LogP contribution in [0.25, 0.3) is 0 Å². The number of hydrogen-bond donors (Lipinski definition) is 1. The highest BCUT2D eigenvalue weighted by atomic mass is 35.5. The van der Waals surface area contributed by atoms with Crippen molar-refractivity contribution in [3.63, 3.8) is 0 Å². The first-order valence-corrected chi connectivity index (χ1v) is 10.9. The van der Waals surface area contributed by atoms with E-state index in [4.69, 9.17) is 23.2 Å². The van der Waals surface area contributed by atoms with E-state index in [0.717, 1.165) is 5.56 Å². The number of nitrogens with zero attached hydrogens (tertiary/aromatic N) is 2. The van der Waals surface area contributed by atoms with Gasteiger partial charge in [0.15, 0.2) is 0 Å². The lowest BCUT2D eigenvalue weighted by molar-refractivity contribution is -0.149. The molecule has 2 aromatic carbocycles. The third kappa shape index (κ3) is 4.02. The normalized spacial score (nSPS) is 20.7. The summed E-state index contributed by atoms with van der Waals surface area (Å²) in [6.45, 7) is 0.962. The molecule has 4 rings (SSSR count). The van der Waals surface area contributed by atoms with Crippen LogP contribution >= 0.6 is 23.2 Å². The van der Waals surface area contributed by atoms with Gasteiger partial charge in [-0.2, -0.15) is 0 Å². The van der Waals surface area contributed by atoms with E-state index in [2.05, 4.69) is 0 Å². The van der Waals surface area contributed by atoms with Crippen LogP contribution in [0.4, 0.5) is 5.69 Å². The summed E-state index contributed by atoms with van der Waals surface area (Å²) >= 11 is 12.0. The summed E-state index contributed by atoms with van der Waals surface area (Å²) in [5, 5.41) is 10.7. The molecule has 2 aliphatic heterocycles. The van der Waals surface area contributed by atoms with Crippen LogP contribution in [-0.2, 0) is 19.8 Å². The molecule has 2 amide bonds. The molecule has 1 atom stereocenters. The largest absolute Gasteiger partial charge is 0.481 e. The third-order valence-electron chi connectivity index (χ3n) is 6.35. The zero-order valence-electron chi connectivity index (χ0n) is 16.8. The number of carbonyl (C=O) groups is 3. The van der Waals surface area contributed by atoms with Crippen LogP contribution in [0.5, 0.6) is 0 Å². The zero-order chi connectivity index (χ0) is 22.2.